The van der Waals surface area contributed by atoms with Gasteiger partial charge in [-0.3, -0.25) is 0 Å². The standard InChI is InChI=1S/C59H55N/c1-36(2)41-30-43-34-49(40-22-20-38(21-23-40)39-24-26-44(27-25-39)58(5,6)7)50-31-42(37(3)4)33-52-55(50)54(43)51(32-41)56-48-29-28-47(35-53(48)59(8,9)57(52)56)60(45-16-12-10-13-17-45)46-18-14-11-15-19-46/h10-37H,1-9H3. The van der Waals surface area contributed by atoms with Gasteiger partial charge in [0, 0.05) is 22.5 Å². The number of nitrogens with zero attached hydrogens (tertiary/aromatic N) is 1. The first-order valence-electron chi connectivity index (χ1n) is 21.9. The van der Waals surface area contributed by atoms with Crippen molar-refractivity contribution < 1.29 is 0 Å². The molecule has 1 aliphatic rings. The Bertz CT molecular complexity index is 3010. The molecule has 1 nitrogen and oxygen atoms in total. The van der Waals surface area contributed by atoms with Crippen molar-refractivity contribution in [3.05, 3.63) is 186 Å². The van der Waals surface area contributed by atoms with Crippen LogP contribution < -0.4 is 4.90 Å². The third kappa shape index (κ3) is 6.04. The summed E-state index contributed by atoms with van der Waals surface area (Å²) in [5.41, 5.74) is 18.2. The van der Waals surface area contributed by atoms with Crippen LogP contribution in [0.2, 0.25) is 0 Å². The molecule has 1 heteroatoms. The van der Waals surface area contributed by atoms with Gasteiger partial charge in [-0.1, -0.05) is 178 Å². The van der Waals surface area contributed by atoms with Crippen LogP contribution in [0, 0.1) is 0 Å². The lowest BCUT2D eigenvalue weighted by Gasteiger charge is -2.29. The zero-order valence-electron chi connectivity index (χ0n) is 36.6. The maximum atomic E-state index is 2.55. The number of hydrogen-bond acceptors (Lipinski definition) is 1. The summed E-state index contributed by atoms with van der Waals surface area (Å²) in [7, 11) is 0. The molecule has 10 rings (SSSR count). The monoisotopic (exact) mass is 777 g/mol. The topological polar surface area (TPSA) is 3.24 Å². The second kappa shape index (κ2) is 14.0. The van der Waals surface area contributed by atoms with Crippen molar-refractivity contribution in [1.29, 1.82) is 0 Å². The van der Waals surface area contributed by atoms with Crippen molar-refractivity contribution >= 4 is 49.4 Å². The molecule has 60 heavy (non-hydrogen) atoms. The lowest BCUT2D eigenvalue weighted by atomic mass is 9.76. The largest absolute Gasteiger partial charge is 0.310 e. The van der Waals surface area contributed by atoms with Gasteiger partial charge in [-0.2, -0.15) is 0 Å². The van der Waals surface area contributed by atoms with Crippen LogP contribution in [0.25, 0.3) is 65.7 Å². The predicted octanol–water partition coefficient (Wildman–Crippen LogP) is 17.2. The van der Waals surface area contributed by atoms with E-state index < -0.39 is 0 Å². The van der Waals surface area contributed by atoms with Crippen LogP contribution in [-0.4, -0.2) is 0 Å². The van der Waals surface area contributed by atoms with Crippen LogP contribution in [0.4, 0.5) is 17.1 Å². The SMILES string of the molecule is CC(C)c1cc2cc(-c3ccc(-c4ccc(C(C)(C)C)cc4)cc3)c3cc(C(C)C)cc4c5c(c(c1)c2c34)-c1ccc(N(c2ccccc2)c2ccccc2)cc1C5(C)C. The fourth-order valence-corrected chi connectivity index (χ4v) is 10.1. The fourth-order valence-electron chi connectivity index (χ4n) is 10.1. The molecule has 0 saturated carbocycles. The molecule has 0 radical (unpaired) electrons. The van der Waals surface area contributed by atoms with Gasteiger partial charge >= 0.3 is 0 Å². The molecule has 0 aromatic heterocycles. The summed E-state index contributed by atoms with van der Waals surface area (Å²) >= 11 is 0. The highest BCUT2D eigenvalue weighted by molar-refractivity contribution is 6.31. The third-order valence-corrected chi connectivity index (χ3v) is 13.5. The molecule has 9 aromatic carbocycles. The Hall–Kier alpha value is -6.18. The Balaban J connectivity index is 1.22. The molecule has 296 valence electrons. The van der Waals surface area contributed by atoms with Crippen LogP contribution in [0.3, 0.4) is 0 Å². The smallest absolute Gasteiger partial charge is 0.0465 e. The first-order valence-corrected chi connectivity index (χ1v) is 21.9. The Kier molecular flexibility index (Phi) is 8.85. The van der Waals surface area contributed by atoms with Crippen LogP contribution >= 0.6 is 0 Å². The summed E-state index contributed by atoms with van der Waals surface area (Å²) in [5, 5.41) is 8.23. The second-order valence-electron chi connectivity index (χ2n) is 19.4. The molecule has 0 aliphatic heterocycles. The first kappa shape index (κ1) is 38.0. The molecule has 0 fully saturated rings. The summed E-state index contributed by atoms with van der Waals surface area (Å²) < 4.78 is 0. The Morgan fingerprint density at radius 1 is 0.467 bits per heavy atom. The van der Waals surface area contributed by atoms with E-state index in [1.54, 1.807) is 0 Å². The van der Waals surface area contributed by atoms with Gasteiger partial charge < -0.3 is 4.90 Å². The van der Waals surface area contributed by atoms with E-state index in [4.69, 9.17) is 0 Å². The van der Waals surface area contributed by atoms with Gasteiger partial charge in [0.25, 0.3) is 0 Å². The molecule has 0 spiro atoms. The average Bonchev–Trinajstić information content (AvgIpc) is 3.49. The minimum absolute atomic E-state index is 0.132. The highest BCUT2D eigenvalue weighted by Crippen LogP contribution is 2.58. The minimum Gasteiger partial charge on any atom is -0.310 e. The number of para-hydroxylation sites is 2. The van der Waals surface area contributed by atoms with E-state index >= 15 is 0 Å². The van der Waals surface area contributed by atoms with Crippen molar-refractivity contribution in [2.45, 2.75) is 85.0 Å². The zero-order chi connectivity index (χ0) is 41.7. The Labute approximate surface area is 356 Å². The number of anilines is 3. The molecule has 0 unspecified atom stereocenters. The third-order valence-electron chi connectivity index (χ3n) is 13.5. The Morgan fingerprint density at radius 3 is 1.58 bits per heavy atom. The molecule has 0 saturated heterocycles. The van der Waals surface area contributed by atoms with E-state index in [1.165, 1.54) is 99.2 Å². The van der Waals surface area contributed by atoms with Gasteiger partial charge in [0.15, 0.2) is 0 Å². The van der Waals surface area contributed by atoms with Gasteiger partial charge in [-0.25, -0.2) is 0 Å². The Morgan fingerprint density at radius 2 is 1.00 bits per heavy atom. The van der Waals surface area contributed by atoms with E-state index in [0.29, 0.717) is 11.8 Å². The molecule has 0 heterocycles. The van der Waals surface area contributed by atoms with E-state index in [-0.39, 0.29) is 10.8 Å². The van der Waals surface area contributed by atoms with Gasteiger partial charge in [-0.15, -0.1) is 0 Å². The van der Waals surface area contributed by atoms with E-state index in [2.05, 4.69) is 225 Å². The highest BCUT2D eigenvalue weighted by Gasteiger charge is 2.40. The van der Waals surface area contributed by atoms with Crippen LogP contribution in [0.5, 0.6) is 0 Å². The summed E-state index contributed by atoms with van der Waals surface area (Å²) in [6.45, 7) is 21.1. The average molecular weight is 778 g/mol. The second-order valence-corrected chi connectivity index (χ2v) is 19.4. The minimum atomic E-state index is -0.250. The quantitative estimate of drug-likeness (QED) is 0.146. The van der Waals surface area contributed by atoms with Gasteiger partial charge in [0.1, 0.15) is 0 Å². The molecular weight excluding hydrogens is 723 g/mol. The van der Waals surface area contributed by atoms with Crippen molar-refractivity contribution in [1.82, 2.24) is 0 Å². The molecule has 0 atom stereocenters. The van der Waals surface area contributed by atoms with Crippen molar-refractivity contribution in [2.24, 2.45) is 0 Å². The summed E-state index contributed by atoms with van der Waals surface area (Å²) in [5.74, 6) is 0.772. The molecule has 0 bridgehead atoms. The highest BCUT2D eigenvalue weighted by atomic mass is 15.1. The van der Waals surface area contributed by atoms with Crippen molar-refractivity contribution in [2.75, 3.05) is 4.90 Å². The van der Waals surface area contributed by atoms with Gasteiger partial charge in [0.05, 0.1) is 0 Å². The zero-order valence-corrected chi connectivity index (χ0v) is 36.6. The number of rotatable bonds is 7. The summed E-state index contributed by atoms with van der Waals surface area (Å²) in [6, 6.07) is 59.8. The van der Waals surface area contributed by atoms with Crippen molar-refractivity contribution in [3.63, 3.8) is 0 Å². The van der Waals surface area contributed by atoms with E-state index in [9.17, 15) is 0 Å². The van der Waals surface area contributed by atoms with Gasteiger partial charge in [0.2, 0.25) is 0 Å². The normalized spacial score (nSPS) is 13.5. The molecule has 0 amide bonds. The van der Waals surface area contributed by atoms with Crippen molar-refractivity contribution in [3.8, 4) is 33.4 Å². The van der Waals surface area contributed by atoms with E-state index in [1.807, 2.05) is 0 Å². The maximum Gasteiger partial charge on any atom is 0.0465 e. The number of fused-ring (bicyclic) bond motifs is 5. The molecular formula is C59H55N. The fraction of sp³-hybridized carbons (Fsp3) is 0.220. The summed E-state index contributed by atoms with van der Waals surface area (Å²) in [4.78, 5) is 2.40. The lowest BCUT2D eigenvalue weighted by Crippen LogP contribution is -2.17. The molecule has 1 aliphatic carbocycles. The van der Waals surface area contributed by atoms with Crippen LogP contribution in [-0.2, 0) is 10.8 Å². The number of hydrogen-bond donors (Lipinski definition) is 0. The molecule has 0 N–H and O–H groups in total. The molecule has 9 aromatic rings. The first-order chi connectivity index (χ1) is 28.8. The van der Waals surface area contributed by atoms with E-state index in [0.717, 1.165) is 11.4 Å². The van der Waals surface area contributed by atoms with Crippen LogP contribution in [0.1, 0.15) is 102 Å². The predicted molar refractivity (Wildman–Crippen MR) is 260 cm³/mol. The lowest BCUT2D eigenvalue weighted by molar-refractivity contribution is 0.590. The number of benzene rings is 9. The van der Waals surface area contributed by atoms with Gasteiger partial charge in [-0.05, 0) is 153 Å². The maximum absolute atomic E-state index is 2.55. The summed E-state index contributed by atoms with van der Waals surface area (Å²) in [6.07, 6.45) is 0. The van der Waals surface area contributed by atoms with Crippen LogP contribution in [0.15, 0.2) is 158 Å².